The smallest absolute Gasteiger partial charge is 0.220 e. The average Bonchev–Trinajstić information content (AvgIpc) is 3.16. The van der Waals surface area contributed by atoms with E-state index in [4.69, 9.17) is 0 Å². The van der Waals surface area contributed by atoms with E-state index >= 15 is 0 Å². The predicted molar refractivity (Wildman–Crippen MR) is 231 cm³/mol. The largest absolute Gasteiger partial charge is 0.394 e. The fourth-order valence-corrected chi connectivity index (χ4v) is 7.33. The van der Waals surface area contributed by atoms with Gasteiger partial charge in [0.25, 0.3) is 0 Å². The van der Waals surface area contributed by atoms with Gasteiger partial charge >= 0.3 is 0 Å². The van der Waals surface area contributed by atoms with Crippen molar-refractivity contribution in [2.45, 2.75) is 270 Å². The lowest BCUT2D eigenvalue weighted by molar-refractivity contribution is -0.124. The Morgan fingerprint density at radius 2 is 0.755 bits per heavy atom. The molecule has 0 saturated carbocycles. The Kier molecular flexibility index (Phi) is 42.6. The molecule has 0 aliphatic heterocycles. The second kappa shape index (κ2) is 43.6. The van der Waals surface area contributed by atoms with Crippen LogP contribution < -0.4 is 5.32 Å². The minimum atomic E-state index is -1.16. The molecule has 0 aromatic heterocycles. The molecule has 3 atom stereocenters. The number of aliphatic hydroxyl groups is 3. The zero-order valence-corrected chi connectivity index (χ0v) is 35.7. The van der Waals surface area contributed by atoms with Crippen molar-refractivity contribution in [1.29, 1.82) is 0 Å². The van der Waals surface area contributed by atoms with Crippen LogP contribution in [0.25, 0.3) is 0 Å². The van der Waals surface area contributed by atoms with Crippen LogP contribution in [0.15, 0.2) is 24.3 Å². The third-order valence-corrected chi connectivity index (χ3v) is 11.0. The van der Waals surface area contributed by atoms with Gasteiger partial charge in [-0.2, -0.15) is 0 Å². The van der Waals surface area contributed by atoms with Gasteiger partial charge in [0.2, 0.25) is 5.91 Å². The molecule has 5 nitrogen and oxygen atoms in total. The quantitative estimate of drug-likeness (QED) is 0.0369. The van der Waals surface area contributed by atoms with Crippen LogP contribution in [0, 0.1) is 0 Å². The summed E-state index contributed by atoms with van der Waals surface area (Å²) in [6.07, 6.45) is 53.0. The van der Waals surface area contributed by atoms with Crippen molar-refractivity contribution >= 4 is 5.91 Å². The number of nitrogens with one attached hydrogen (secondary N) is 1. The molecule has 4 N–H and O–H groups in total. The molecule has 0 fully saturated rings. The molecule has 0 bridgehead atoms. The van der Waals surface area contributed by atoms with Crippen molar-refractivity contribution in [3.05, 3.63) is 24.3 Å². The lowest BCUT2D eigenvalue weighted by Crippen LogP contribution is -2.50. The molecule has 0 aliphatic rings. The zero-order valence-electron chi connectivity index (χ0n) is 35.7. The van der Waals surface area contributed by atoms with Crippen molar-refractivity contribution < 1.29 is 20.1 Å². The molecule has 1 amide bonds. The number of rotatable bonds is 43. The summed E-state index contributed by atoms with van der Waals surface area (Å²) in [4.78, 5) is 12.4. The van der Waals surface area contributed by atoms with Crippen molar-refractivity contribution in [1.82, 2.24) is 5.32 Å². The Balaban J connectivity index is 3.63. The van der Waals surface area contributed by atoms with Crippen LogP contribution in [0.4, 0.5) is 0 Å². The number of hydrogen-bond donors (Lipinski definition) is 4. The Morgan fingerprint density at radius 1 is 0.453 bits per heavy atom. The molecule has 0 rings (SSSR count). The van der Waals surface area contributed by atoms with Gasteiger partial charge in [-0.15, -0.1) is 0 Å². The van der Waals surface area contributed by atoms with Gasteiger partial charge in [-0.05, 0) is 64.2 Å². The molecule has 53 heavy (non-hydrogen) atoms. The molecular weight excluding hydrogens is 655 g/mol. The maximum Gasteiger partial charge on any atom is 0.220 e. The van der Waals surface area contributed by atoms with Crippen LogP contribution in [-0.2, 0) is 4.79 Å². The van der Waals surface area contributed by atoms with E-state index in [1.807, 2.05) is 0 Å². The van der Waals surface area contributed by atoms with Crippen molar-refractivity contribution in [3.8, 4) is 0 Å². The molecule has 0 aromatic rings. The number of carbonyl (C=O) groups is 1. The zero-order chi connectivity index (χ0) is 38.7. The Bertz CT molecular complexity index is 784. The summed E-state index contributed by atoms with van der Waals surface area (Å²) in [5.41, 5.74) is 0. The van der Waals surface area contributed by atoms with Crippen LogP contribution in [0.3, 0.4) is 0 Å². The second-order valence-corrected chi connectivity index (χ2v) is 16.3. The normalized spacial score (nSPS) is 13.7. The van der Waals surface area contributed by atoms with Gasteiger partial charge in [-0.1, -0.05) is 205 Å². The highest BCUT2D eigenvalue weighted by Crippen LogP contribution is 2.16. The third-order valence-electron chi connectivity index (χ3n) is 11.0. The van der Waals surface area contributed by atoms with Crippen molar-refractivity contribution in [2.24, 2.45) is 0 Å². The fraction of sp³-hybridized carbons (Fsp3) is 0.896. The first kappa shape index (κ1) is 51.8. The van der Waals surface area contributed by atoms with E-state index in [1.165, 1.54) is 180 Å². The Hall–Kier alpha value is -1.17. The van der Waals surface area contributed by atoms with E-state index in [-0.39, 0.29) is 12.5 Å². The number of amides is 1. The highest BCUT2D eigenvalue weighted by Gasteiger charge is 2.26. The van der Waals surface area contributed by atoms with E-state index < -0.39 is 18.2 Å². The van der Waals surface area contributed by atoms with Gasteiger partial charge in [0, 0.05) is 6.42 Å². The van der Waals surface area contributed by atoms with Crippen LogP contribution in [0.5, 0.6) is 0 Å². The molecular formula is C48H93NO4. The second-order valence-electron chi connectivity index (χ2n) is 16.3. The van der Waals surface area contributed by atoms with Gasteiger partial charge in [0.15, 0.2) is 0 Å². The number of aliphatic hydroxyl groups excluding tert-OH is 3. The summed E-state index contributed by atoms with van der Waals surface area (Å²) in [6, 6.07) is -0.828. The molecule has 0 aromatic carbocycles. The van der Waals surface area contributed by atoms with Gasteiger partial charge in [0.1, 0.15) is 6.10 Å². The summed E-state index contributed by atoms with van der Waals surface area (Å²) < 4.78 is 0. The summed E-state index contributed by atoms with van der Waals surface area (Å²) in [7, 11) is 0. The summed E-state index contributed by atoms with van der Waals surface area (Å²) >= 11 is 0. The van der Waals surface area contributed by atoms with Gasteiger partial charge < -0.3 is 20.6 Å². The molecule has 0 heterocycles. The molecule has 0 aliphatic carbocycles. The van der Waals surface area contributed by atoms with Crippen molar-refractivity contribution in [2.75, 3.05) is 6.61 Å². The maximum absolute atomic E-state index is 12.4. The first-order valence-electron chi connectivity index (χ1n) is 23.6. The Morgan fingerprint density at radius 3 is 1.09 bits per heavy atom. The van der Waals surface area contributed by atoms with Crippen molar-refractivity contribution in [3.63, 3.8) is 0 Å². The van der Waals surface area contributed by atoms with Gasteiger partial charge in [-0.25, -0.2) is 0 Å². The fourth-order valence-electron chi connectivity index (χ4n) is 7.33. The van der Waals surface area contributed by atoms with Crippen LogP contribution in [-0.4, -0.2) is 46.1 Å². The number of unbranched alkanes of at least 4 members (excludes halogenated alkanes) is 31. The summed E-state index contributed by atoms with van der Waals surface area (Å²) in [6.45, 7) is 4.18. The molecule has 0 radical (unpaired) electrons. The molecule has 0 spiro atoms. The van der Waals surface area contributed by atoms with Gasteiger partial charge in [-0.3, -0.25) is 4.79 Å². The van der Waals surface area contributed by atoms with E-state index in [1.54, 1.807) is 0 Å². The predicted octanol–water partition coefficient (Wildman–Crippen LogP) is 13.8. The van der Waals surface area contributed by atoms with Crippen LogP contribution in [0.1, 0.15) is 251 Å². The van der Waals surface area contributed by atoms with E-state index in [9.17, 15) is 20.1 Å². The first-order chi connectivity index (χ1) is 26.1. The standard InChI is InChI=1S/C48H93NO4/c1-3-5-7-9-11-13-15-17-19-21-22-23-24-25-26-27-28-30-32-34-36-38-40-42-46(51)48(53)45(44-50)49-47(52)43-41-39-37-35-33-31-29-20-18-16-14-12-10-8-6-4-2/h20,29,34,36,45-46,48,50-51,53H,3-19,21-28,30-33,35,37-44H2,1-2H3,(H,49,52)/b29-20-,36-34+. The molecule has 0 saturated heterocycles. The first-order valence-corrected chi connectivity index (χ1v) is 23.6. The highest BCUT2D eigenvalue weighted by atomic mass is 16.3. The molecule has 5 heteroatoms. The lowest BCUT2D eigenvalue weighted by atomic mass is 10.0. The minimum absolute atomic E-state index is 0.161. The monoisotopic (exact) mass is 748 g/mol. The topological polar surface area (TPSA) is 89.8 Å². The van der Waals surface area contributed by atoms with E-state index in [2.05, 4.69) is 43.5 Å². The maximum atomic E-state index is 12.4. The van der Waals surface area contributed by atoms with E-state index in [0.717, 1.165) is 44.9 Å². The third kappa shape index (κ3) is 38.9. The van der Waals surface area contributed by atoms with Crippen LogP contribution in [0.2, 0.25) is 0 Å². The minimum Gasteiger partial charge on any atom is -0.394 e. The van der Waals surface area contributed by atoms with E-state index in [0.29, 0.717) is 12.8 Å². The lowest BCUT2D eigenvalue weighted by Gasteiger charge is -2.26. The summed E-state index contributed by atoms with van der Waals surface area (Å²) in [5, 5.41) is 33.6. The SMILES string of the molecule is CCCCCCCCC/C=C\CCCCCCCC(=O)NC(CO)C(O)C(O)CCC/C=C/CCCCCCCCCCCCCCCCCCCC. The highest BCUT2D eigenvalue weighted by molar-refractivity contribution is 5.76. The number of hydrogen-bond acceptors (Lipinski definition) is 4. The van der Waals surface area contributed by atoms with Gasteiger partial charge in [0.05, 0.1) is 18.8 Å². The molecule has 314 valence electrons. The summed E-state index contributed by atoms with van der Waals surface area (Å²) in [5.74, 6) is -0.161. The molecule has 3 unspecified atom stereocenters. The number of allylic oxidation sites excluding steroid dienone is 4. The number of carbonyl (C=O) groups excluding carboxylic acids is 1. The average molecular weight is 748 g/mol. The van der Waals surface area contributed by atoms with Crippen LogP contribution >= 0.6 is 0 Å². The Labute approximate surface area is 331 Å².